The van der Waals surface area contributed by atoms with E-state index in [0.717, 1.165) is 0 Å². The van der Waals surface area contributed by atoms with E-state index in [4.69, 9.17) is 69.6 Å². The van der Waals surface area contributed by atoms with E-state index in [1.165, 1.54) is 0 Å². The van der Waals surface area contributed by atoms with Gasteiger partial charge in [0.25, 0.3) is 13.4 Å². The van der Waals surface area contributed by atoms with Crippen molar-refractivity contribution in [3.63, 3.8) is 0 Å². The van der Waals surface area contributed by atoms with Gasteiger partial charge in [0.2, 0.25) is 5.78 Å². The van der Waals surface area contributed by atoms with E-state index in [1.54, 1.807) is 0 Å². The quantitative estimate of drug-likeness (QED) is 0.445. The van der Waals surface area contributed by atoms with Crippen LogP contribution in [0.3, 0.4) is 0 Å². The molecule has 0 aromatic heterocycles. The zero-order chi connectivity index (χ0) is 10.2. The van der Waals surface area contributed by atoms with E-state index in [2.05, 4.69) is 0 Å². The van der Waals surface area contributed by atoms with Crippen molar-refractivity contribution in [2.45, 2.75) is 8.13 Å². The lowest BCUT2D eigenvalue weighted by Crippen LogP contribution is -2.40. The van der Waals surface area contributed by atoms with Gasteiger partial charge in [-0.1, -0.05) is 58.0 Å². The Hall–Kier alpha value is 1.08. The van der Waals surface area contributed by atoms with Gasteiger partial charge < -0.3 is 0 Å². The Labute approximate surface area is 98.0 Å². The van der Waals surface area contributed by atoms with Crippen LogP contribution in [0.25, 0.3) is 0 Å². The number of alkyl halides is 5. The second-order valence-electron chi connectivity index (χ2n) is 1.67. The highest BCUT2D eigenvalue weighted by Crippen LogP contribution is 2.38. The van der Waals surface area contributed by atoms with Gasteiger partial charge in [0.05, 0.1) is 0 Å². The first-order valence-corrected chi connectivity index (χ1v) is 4.56. The molecule has 0 radical (unpaired) electrons. The van der Waals surface area contributed by atoms with Crippen molar-refractivity contribution in [1.29, 1.82) is 0 Å². The number of halogens is 6. The Morgan fingerprint density at radius 1 is 0.917 bits per heavy atom. The predicted octanol–water partition coefficient (Wildman–Crippen LogP) is 2.87. The first kappa shape index (κ1) is 13.1. The van der Waals surface area contributed by atoms with Gasteiger partial charge in [-0.05, 0) is 11.6 Å². The standard InChI is InChI=1S/C4Cl6O2/c5-2(12)3(6,7)1(11)4(8,9)10. The van der Waals surface area contributed by atoms with Crippen molar-refractivity contribution in [3.8, 4) is 0 Å². The predicted molar refractivity (Wildman–Crippen MR) is 50.6 cm³/mol. The SMILES string of the molecule is O=C(Cl)C(Cl)(Cl)C(=O)C(Cl)(Cl)Cl. The van der Waals surface area contributed by atoms with Crippen molar-refractivity contribution >= 4 is 80.6 Å². The van der Waals surface area contributed by atoms with Crippen molar-refractivity contribution in [3.05, 3.63) is 0 Å². The van der Waals surface area contributed by atoms with E-state index in [9.17, 15) is 9.59 Å². The monoisotopic (exact) mass is 290 g/mol. The molecule has 8 heteroatoms. The van der Waals surface area contributed by atoms with Gasteiger partial charge in [0.1, 0.15) is 0 Å². The molecule has 0 saturated carbocycles. The highest BCUT2D eigenvalue weighted by molar-refractivity contribution is 6.89. The second-order valence-corrected chi connectivity index (χ2v) is 5.63. The van der Waals surface area contributed by atoms with Crippen molar-refractivity contribution in [2.24, 2.45) is 0 Å². The van der Waals surface area contributed by atoms with Gasteiger partial charge in [0, 0.05) is 0 Å². The molecule has 0 spiro atoms. The summed E-state index contributed by atoms with van der Waals surface area (Å²) in [6.07, 6.45) is 0. The lowest BCUT2D eigenvalue weighted by Gasteiger charge is -2.17. The third-order valence-electron chi connectivity index (χ3n) is 0.789. The van der Waals surface area contributed by atoms with Crippen LogP contribution in [-0.2, 0) is 9.59 Å². The third kappa shape index (κ3) is 3.09. The Kier molecular flexibility index (Phi) is 4.44. The van der Waals surface area contributed by atoms with Crippen LogP contribution in [0.1, 0.15) is 0 Å². The summed E-state index contributed by atoms with van der Waals surface area (Å²) in [5, 5.41) is -1.32. The molecule has 0 atom stereocenters. The van der Waals surface area contributed by atoms with Crippen LogP contribution in [0.4, 0.5) is 0 Å². The van der Waals surface area contributed by atoms with Gasteiger partial charge in [-0.15, -0.1) is 0 Å². The summed E-state index contributed by atoms with van der Waals surface area (Å²) in [5.41, 5.74) is 0. The summed E-state index contributed by atoms with van der Waals surface area (Å²) in [4.78, 5) is 21.4. The summed E-state index contributed by atoms with van der Waals surface area (Å²) < 4.78 is -4.89. The molecule has 0 N–H and O–H groups in total. The molecule has 0 bridgehead atoms. The van der Waals surface area contributed by atoms with Gasteiger partial charge in [0.15, 0.2) is 0 Å². The minimum Gasteiger partial charge on any atom is -0.291 e. The number of ketones is 1. The normalized spacial score (nSPS) is 12.8. The highest BCUT2D eigenvalue weighted by Gasteiger charge is 2.50. The van der Waals surface area contributed by atoms with E-state index in [0.29, 0.717) is 0 Å². The largest absolute Gasteiger partial charge is 0.291 e. The molecule has 0 aromatic rings. The fourth-order valence-electron chi connectivity index (χ4n) is 0.267. The second kappa shape index (κ2) is 4.07. The maximum atomic E-state index is 11.0. The van der Waals surface area contributed by atoms with Gasteiger partial charge in [-0.2, -0.15) is 0 Å². The lowest BCUT2D eigenvalue weighted by atomic mass is 10.3. The van der Waals surface area contributed by atoms with E-state index < -0.39 is 19.2 Å². The van der Waals surface area contributed by atoms with Gasteiger partial charge >= 0.3 is 0 Å². The Morgan fingerprint density at radius 2 is 1.25 bits per heavy atom. The molecule has 0 amide bonds. The molecule has 0 aromatic carbocycles. The summed E-state index contributed by atoms with van der Waals surface area (Å²) >= 11 is 30.6. The number of hydrogen-bond donors (Lipinski definition) is 0. The Bertz CT molecular complexity index is 216. The van der Waals surface area contributed by atoms with Gasteiger partial charge in [-0.25, -0.2) is 0 Å². The van der Waals surface area contributed by atoms with E-state index in [-0.39, 0.29) is 0 Å². The number of hydrogen-bond acceptors (Lipinski definition) is 2. The zero-order valence-corrected chi connectivity index (χ0v) is 9.62. The Morgan fingerprint density at radius 3 is 1.33 bits per heavy atom. The Balaban J connectivity index is 4.83. The molecule has 0 heterocycles. The first-order valence-electron chi connectivity index (χ1n) is 2.29. The van der Waals surface area contributed by atoms with Crippen LogP contribution in [0, 0.1) is 0 Å². The molecule has 0 aliphatic heterocycles. The van der Waals surface area contributed by atoms with E-state index >= 15 is 0 Å². The number of carbonyl (C=O) groups is 2. The third-order valence-corrected chi connectivity index (χ3v) is 2.47. The molecular formula is C4Cl6O2. The topological polar surface area (TPSA) is 34.1 Å². The minimum absolute atomic E-state index is 1.30. The average Bonchev–Trinajstić information content (AvgIpc) is 1.83. The van der Waals surface area contributed by atoms with Crippen LogP contribution in [0.2, 0.25) is 0 Å². The molecule has 70 valence electrons. The molecule has 0 aliphatic carbocycles. The van der Waals surface area contributed by atoms with Crippen molar-refractivity contribution < 1.29 is 9.59 Å². The summed E-state index contributed by atoms with van der Waals surface area (Å²) in [6, 6.07) is 0. The summed E-state index contributed by atoms with van der Waals surface area (Å²) in [6.45, 7) is 0. The van der Waals surface area contributed by atoms with Gasteiger partial charge in [-0.3, -0.25) is 9.59 Å². The van der Waals surface area contributed by atoms with Crippen LogP contribution in [-0.4, -0.2) is 19.2 Å². The molecule has 0 unspecified atom stereocenters. The van der Waals surface area contributed by atoms with Crippen LogP contribution in [0.15, 0.2) is 0 Å². The number of carbonyl (C=O) groups excluding carboxylic acids is 2. The molecule has 2 nitrogen and oxygen atoms in total. The molecular weight excluding hydrogens is 293 g/mol. The summed E-state index contributed by atoms with van der Waals surface area (Å²) in [5.74, 6) is -1.30. The average molecular weight is 293 g/mol. The van der Waals surface area contributed by atoms with Crippen LogP contribution < -0.4 is 0 Å². The zero-order valence-electron chi connectivity index (χ0n) is 5.08. The minimum atomic E-state index is -2.52. The molecule has 0 aliphatic rings. The van der Waals surface area contributed by atoms with Crippen LogP contribution in [0.5, 0.6) is 0 Å². The maximum Gasteiger partial charge on any atom is 0.265 e. The smallest absolute Gasteiger partial charge is 0.265 e. The fourth-order valence-corrected chi connectivity index (χ4v) is 1.35. The number of rotatable bonds is 2. The molecule has 12 heavy (non-hydrogen) atoms. The number of Topliss-reactive ketones (excluding diaryl/α,β-unsaturated/α-hetero) is 1. The molecule has 0 saturated heterocycles. The first-order chi connectivity index (χ1) is 5.10. The van der Waals surface area contributed by atoms with Crippen molar-refractivity contribution in [2.75, 3.05) is 0 Å². The molecule has 0 rings (SSSR count). The van der Waals surface area contributed by atoms with E-state index in [1.807, 2.05) is 0 Å². The van der Waals surface area contributed by atoms with Crippen molar-refractivity contribution in [1.82, 2.24) is 0 Å². The van der Waals surface area contributed by atoms with Crippen LogP contribution >= 0.6 is 69.6 Å². The lowest BCUT2D eigenvalue weighted by molar-refractivity contribution is -0.123. The maximum absolute atomic E-state index is 11.0. The molecule has 0 fully saturated rings. The highest BCUT2D eigenvalue weighted by atomic mass is 35.6. The fraction of sp³-hybridized carbons (Fsp3) is 0.500. The summed E-state index contributed by atoms with van der Waals surface area (Å²) in [7, 11) is 0.